The van der Waals surface area contributed by atoms with E-state index in [9.17, 15) is 24.3 Å². The maximum absolute atomic E-state index is 12.2. The number of carboxylic acids is 2. The van der Waals surface area contributed by atoms with Crippen LogP contribution < -0.4 is 16.4 Å². The second-order valence-electron chi connectivity index (χ2n) is 5.83. The highest BCUT2D eigenvalue weighted by atomic mass is 16.4. The van der Waals surface area contributed by atoms with Gasteiger partial charge >= 0.3 is 11.9 Å². The number of carboxylic acid groups (broad SMARTS) is 2. The van der Waals surface area contributed by atoms with Crippen LogP contribution in [-0.4, -0.2) is 63.3 Å². The topological polar surface area (TPSA) is 179 Å². The van der Waals surface area contributed by atoms with Crippen LogP contribution in [0.4, 0.5) is 0 Å². The van der Waals surface area contributed by atoms with Gasteiger partial charge in [0.05, 0.1) is 12.1 Å². The molecule has 0 aliphatic rings. The lowest BCUT2D eigenvalue weighted by Crippen LogP contribution is -2.57. The average molecular weight is 347 g/mol. The number of aliphatic carboxylic acids is 2. The van der Waals surface area contributed by atoms with Gasteiger partial charge in [0.1, 0.15) is 6.04 Å². The molecule has 0 spiro atoms. The molecule has 0 bridgehead atoms. The molecule has 0 saturated carbocycles. The van der Waals surface area contributed by atoms with E-state index in [4.69, 9.17) is 15.9 Å². The SMILES string of the molecule is CC(C)C(N)C(=O)NC(CCC(=O)O)C(=O)NC(C(=O)O)C(C)O. The van der Waals surface area contributed by atoms with Crippen LogP contribution in [0, 0.1) is 5.92 Å². The maximum Gasteiger partial charge on any atom is 0.328 e. The van der Waals surface area contributed by atoms with Gasteiger partial charge in [0, 0.05) is 6.42 Å². The smallest absolute Gasteiger partial charge is 0.328 e. The molecular weight excluding hydrogens is 322 g/mol. The van der Waals surface area contributed by atoms with Crippen molar-refractivity contribution < 1.29 is 34.5 Å². The van der Waals surface area contributed by atoms with E-state index in [1.807, 2.05) is 0 Å². The first-order valence-electron chi connectivity index (χ1n) is 7.46. The summed E-state index contributed by atoms with van der Waals surface area (Å²) in [6.07, 6.45) is -2.04. The van der Waals surface area contributed by atoms with Crippen LogP contribution in [0.15, 0.2) is 0 Å². The molecule has 0 rings (SSSR count). The Kier molecular flexibility index (Phi) is 8.93. The number of aliphatic hydroxyl groups excluding tert-OH is 1. The molecule has 0 radical (unpaired) electrons. The molecule has 7 N–H and O–H groups in total. The molecule has 4 atom stereocenters. The van der Waals surface area contributed by atoms with Crippen LogP contribution in [-0.2, 0) is 19.2 Å². The van der Waals surface area contributed by atoms with Crippen LogP contribution in [0.1, 0.15) is 33.6 Å². The van der Waals surface area contributed by atoms with Crippen molar-refractivity contribution in [2.75, 3.05) is 0 Å². The molecule has 0 heterocycles. The van der Waals surface area contributed by atoms with Gasteiger partial charge in [0.2, 0.25) is 11.8 Å². The largest absolute Gasteiger partial charge is 0.481 e. The van der Waals surface area contributed by atoms with E-state index >= 15 is 0 Å². The van der Waals surface area contributed by atoms with Crippen LogP contribution in [0.25, 0.3) is 0 Å². The molecule has 0 aromatic heterocycles. The first-order chi connectivity index (χ1) is 11.0. The number of nitrogens with two attached hydrogens (primary N) is 1. The Morgan fingerprint density at radius 1 is 1.00 bits per heavy atom. The van der Waals surface area contributed by atoms with E-state index in [1.165, 1.54) is 6.92 Å². The summed E-state index contributed by atoms with van der Waals surface area (Å²) in [6.45, 7) is 4.58. The molecule has 0 aromatic carbocycles. The van der Waals surface area contributed by atoms with Gasteiger partial charge in [-0.2, -0.15) is 0 Å². The zero-order chi connectivity index (χ0) is 19.0. The quantitative estimate of drug-likeness (QED) is 0.270. The van der Waals surface area contributed by atoms with Crippen molar-refractivity contribution in [2.45, 2.75) is 57.8 Å². The second-order valence-corrected chi connectivity index (χ2v) is 5.83. The summed E-state index contributed by atoms with van der Waals surface area (Å²) in [4.78, 5) is 45.8. The Balaban J connectivity index is 5.10. The number of aliphatic hydroxyl groups is 1. The Morgan fingerprint density at radius 3 is 1.92 bits per heavy atom. The predicted octanol–water partition coefficient (Wildman–Crippen LogP) is -1.73. The van der Waals surface area contributed by atoms with Crippen molar-refractivity contribution in [3.05, 3.63) is 0 Å². The zero-order valence-electron chi connectivity index (χ0n) is 13.9. The van der Waals surface area contributed by atoms with Gasteiger partial charge in [0.15, 0.2) is 6.04 Å². The number of hydrogen-bond acceptors (Lipinski definition) is 6. The molecule has 0 aromatic rings. The summed E-state index contributed by atoms with van der Waals surface area (Å²) in [5.41, 5.74) is 5.67. The lowest BCUT2D eigenvalue weighted by atomic mass is 10.0. The highest BCUT2D eigenvalue weighted by Gasteiger charge is 2.30. The Bertz CT molecular complexity index is 479. The maximum atomic E-state index is 12.2. The van der Waals surface area contributed by atoms with Crippen molar-refractivity contribution in [1.82, 2.24) is 10.6 Å². The molecule has 0 saturated heterocycles. The molecule has 138 valence electrons. The first-order valence-corrected chi connectivity index (χ1v) is 7.46. The number of rotatable bonds is 10. The van der Waals surface area contributed by atoms with Crippen molar-refractivity contribution in [1.29, 1.82) is 0 Å². The Hall–Kier alpha value is -2.20. The van der Waals surface area contributed by atoms with E-state index < -0.39 is 54.4 Å². The Labute approximate surface area is 139 Å². The summed E-state index contributed by atoms with van der Waals surface area (Å²) in [6, 6.07) is -3.77. The third-order valence-electron chi connectivity index (χ3n) is 3.35. The average Bonchev–Trinajstić information content (AvgIpc) is 2.46. The second kappa shape index (κ2) is 9.83. The van der Waals surface area contributed by atoms with Crippen molar-refractivity contribution in [3.63, 3.8) is 0 Å². The summed E-state index contributed by atoms with van der Waals surface area (Å²) < 4.78 is 0. The fraction of sp³-hybridized carbons (Fsp3) is 0.714. The van der Waals surface area contributed by atoms with Crippen LogP contribution in [0.5, 0.6) is 0 Å². The number of carbonyl (C=O) groups is 4. The van der Waals surface area contributed by atoms with Crippen molar-refractivity contribution in [2.24, 2.45) is 11.7 Å². The highest BCUT2D eigenvalue weighted by molar-refractivity contribution is 5.92. The minimum atomic E-state index is -1.58. The van der Waals surface area contributed by atoms with E-state index in [0.717, 1.165) is 0 Å². The monoisotopic (exact) mass is 347 g/mol. The van der Waals surface area contributed by atoms with Gasteiger partial charge in [-0.3, -0.25) is 14.4 Å². The van der Waals surface area contributed by atoms with E-state index in [0.29, 0.717) is 0 Å². The van der Waals surface area contributed by atoms with Crippen LogP contribution >= 0.6 is 0 Å². The van der Waals surface area contributed by atoms with Gasteiger partial charge in [0.25, 0.3) is 0 Å². The van der Waals surface area contributed by atoms with Crippen LogP contribution in [0.2, 0.25) is 0 Å². The minimum absolute atomic E-state index is 0.211. The van der Waals surface area contributed by atoms with Crippen molar-refractivity contribution >= 4 is 23.8 Å². The molecule has 2 amide bonds. The zero-order valence-corrected chi connectivity index (χ0v) is 13.9. The number of amides is 2. The summed E-state index contributed by atoms with van der Waals surface area (Å²) in [5, 5.41) is 31.5. The molecule has 10 heteroatoms. The first kappa shape index (κ1) is 21.8. The lowest BCUT2D eigenvalue weighted by molar-refractivity contribution is -0.145. The summed E-state index contributed by atoms with van der Waals surface area (Å²) in [7, 11) is 0. The molecule has 0 aliphatic carbocycles. The number of hydrogen-bond donors (Lipinski definition) is 6. The van der Waals surface area contributed by atoms with Crippen LogP contribution in [0.3, 0.4) is 0 Å². The van der Waals surface area contributed by atoms with Gasteiger partial charge < -0.3 is 31.7 Å². The van der Waals surface area contributed by atoms with E-state index in [1.54, 1.807) is 13.8 Å². The number of nitrogens with one attached hydrogen (secondary N) is 2. The third kappa shape index (κ3) is 7.38. The fourth-order valence-corrected chi connectivity index (χ4v) is 1.75. The van der Waals surface area contributed by atoms with E-state index in [2.05, 4.69) is 10.6 Å². The standard InChI is InChI=1S/C14H25N3O7/c1-6(2)10(15)13(22)16-8(4-5-9(19)20)12(21)17-11(7(3)18)14(23)24/h6-8,10-11,18H,4-5,15H2,1-3H3,(H,16,22)(H,17,21)(H,19,20)(H,23,24). The van der Waals surface area contributed by atoms with Gasteiger partial charge in [-0.25, -0.2) is 4.79 Å². The highest BCUT2D eigenvalue weighted by Crippen LogP contribution is 2.04. The van der Waals surface area contributed by atoms with Gasteiger partial charge in [-0.1, -0.05) is 13.8 Å². The molecule has 4 unspecified atom stereocenters. The Morgan fingerprint density at radius 2 is 1.54 bits per heavy atom. The minimum Gasteiger partial charge on any atom is -0.481 e. The predicted molar refractivity (Wildman–Crippen MR) is 82.9 cm³/mol. The van der Waals surface area contributed by atoms with Gasteiger partial charge in [-0.15, -0.1) is 0 Å². The van der Waals surface area contributed by atoms with E-state index in [-0.39, 0.29) is 12.3 Å². The molecule has 10 nitrogen and oxygen atoms in total. The number of carbonyl (C=O) groups excluding carboxylic acids is 2. The summed E-state index contributed by atoms with van der Waals surface area (Å²) in [5.74, 6) is -4.41. The normalized spacial score (nSPS) is 15.9. The lowest BCUT2D eigenvalue weighted by Gasteiger charge is -2.24. The molecular formula is C14H25N3O7. The molecule has 24 heavy (non-hydrogen) atoms. The third-order valence-corrected chi connectivity index (χ3v) is 3.35. The fourth-order valence-electron chi connectivity index (χ4n) is 1.75. The van der Waals surface area contributed by atoms with Gasteiger partial charge in [-0.05, 0) is 19.3 Å². The van der Waals surface area contributed by atoms with Crippen molar-refractivity contribution in [3.8, 4) is 0 Å². The summed E-state index contributed by atoms with van der Waals surface area (Å²) >= 11 is 0. The molecule has 0 fully saturated rings. The molecule has 0 aliphatic heterocycles.